The summed E-state index contributed by atoms with van der Waals surface area (Å²) in [4.78, 5) is 31.7. The highest BCUT2D eigenvalue weighted by Crippen LogP contribution is 2.15. The van der Waals surface area contributed by atoms with Crippen molar-refractivity contribution in [3.63, 3.8) is 0 Å². The van der Waals surface area contributed by atoms with Crippen LogP contribution in [0.3, 0.4) is 0 Å². The second-order valence-corrected chi connectivity index (χ2v) is 4.03. The monoisotopic (exact) mass is 250 g/mol. The van der Waals surface area contributed by atoms with E-state index in [1.165, 1.54) is 17.3 Å². The Morgan fingerprint density at radius 3 is 2.72 bits per heavy atom. The Bertz CT molecular complexity index is 437. The first-order chi connectivity index (χ1) is 8.68. The van der Waals surface area contributed by atoms with Gasteiger partial charge in [-0.05, 0) is 25.3 Å². The molecule has 96 valence electrons. The number of carboxylic acid groups (broad SMARTS) is 1. The fraction of sp³-hybridized carbons (Fsp3) is 0.455. The molecule has 2 heterocycles. The van der Waals surface area contributed by atoms with Gasteiger partial charge in [-0.3, -0.25) is 9.69 Å². The van der Waals surface area contributed by atoms with E-state index in [9.17, 15) is 9.59 Å². The number of nitrogens with one attached hydrogen (secondary N) is 1. The summed E-state index contributed by atoms with van der Waals surface area (Å²) in [5.74, 6) is -0.401. The maximum atomic E-state index is 11.8. The Labute approximate surface area is 104 Å². The molecular weight excluding hydrogens is 236 g/mol. The molecule has 7 nitrogen and oxygen atoms in total. The lowest BCUT2D eigenvalue weighted by atomic mass is 10.1. The highest BCUT2D eigenvalue weighted by atomic mass is 16.4. The normalized spacial score (nSPS) is 19.3. The maximum absolute atomic E-state index is 11.8. The van der Waals surface area contributed by atoms with Crippen LogP contribution in [-0.2, 0) is 0 Å². The molecule has 0 saturated carbocycles. The predicted octanol–water partition coefficient (Wildman–Crippen LogP) is 0.696. The number of hydrogen-bond acceptors (Lipinski definition) is 4. The Kier molecular flexibility index (Phi) is 3.71. The fourth-order valence-corrected chi connectivity index (χ4v) is 1.94. The van der Waals surface area contributed by atoms with E-state index >= 15 is 0 Å². The van der Waals surface area contributed by atoms with Gasteiger partial charge in [-0.15, -0.1) is 0 Å². The molecule has 1 aromatic rings. The minimum atomic E-state index is -1.02. The highest BCUT2D eigenvalue weighted by molar-refractivity contribution is 5.90. The lowest BCUT2D eigenvalue weighted by Crippen LogP contribution is -2.52. The number of likely N-dealkylation sites (tertiary alicyclic amines) is 1. The van der Waals surface area contributed by atoms with Gasteiger partial charge >= 0.3 is 6.09 Å². The Hall–Kier alpha value is -2.18. The molecule has 1 fully saturated rings. The van der Waals surface area contributed by atoms with Crippen molar-refractivity contribution in [3.05, 3.63) is 24.3 Å². The third kappa shape index (κ3) is 2.73. The van der Waals surface area contributed by atoms with E-state index in [2.05, 4.69) is 15.3 Å². The molecular formula is C11H14N4O3. The summed E-state index contributed by atoms with van der Waals surface area (Å²) in [6.07, 6.45) is 3.76. The van der Waals surface area contributed by atoms with Crippen molar-refractivity contribution in [2.45, 2.75) is 25.4 Å². The summed E-state index contributed by atoms with van der Waals surface area (Å²) in [6.45, 7) is 0.440. The van der Waals surface area contributed by atoms with E-state index in [0.717, 1.165) is 12.8 Å². The van der Waals surface area contributed by atoms with Crippen molar-refractivity contribution < 1.29 is 14.7 Å². The molecule has 2 N–H and O–H groups in total. The molecule has 1 atom stereocenters. The topological polar surface area (TPSA) is 95.4 Å². The van der Waals surface area contributed by atoms with Crippen molar-refractivity contribution in [1.29, 1.82) is 0 Å². The third-order valence-corrected chi connectivity index (χ3v) is 2.82. The average molecular weight is 250 g/mol. The van der Waals surface area contributed by atoms with Crippen LogP contribution in [0.1, 0.15) is 29.9 Å². The van der Waals surface area contributed by atoms with Gasteiger partial charge in [-0.2, -0.15) is 0 Å². The van der Waals surface area contributed by atoms with Crippen LogP contribution in [-0.4, -0.2) is 44.7 Å². The number of hydrogen-bond donors (Lipinski definition) is 2. The number of carbonyl (C=O) groups excluding carboxylic acids is 1. The molecule has 1 saturated heterocycles. The zero-order valence-electron chi connectivity index (χ0n) is 9.74. The molecule has 0 aromatic carbocycles. The lowest BCUT2D eigenvalue weighted by molar-refractivity contribution is 0.0738. The van der Waals surface area contributed by atoms with Crippen LogP contribution >= 0.6 is 0 Å². The Balaban J connectivity index is 2.03. The maximum Gasteiger partial charge on any atom is 0.408 e. The van der Waals surface area contributed by atoms with Crippen molar-refractivity contribution in [1.82, 2.24) is 20.2 Å². The summed E-state index contributed by atoms with van der Waals surface area (Å²) in [6, 6.07) is 1.61. The number of carbonyl (C=O) groups is 2. The van der Waals surface area contributed by atoms with Crippen LogP contribution in [0.5, 0.6) is 0 Å². The molecule has 0 radical (unpaired) electrons. The van der Waals surface area contributed by atoms with E-state index in [0.29, 0.717) is 13.0 Å². The summed E-state index contributed by atoms with van der Waals surface area (Å²) in [7, 11) is 0. The van der Waals surface area contributed by atoms with Gasteiger partial charge in [0.2, 0.25) is 5.82 Å². The standard InChI is InChI=1S/C11H14N4O3/c16-10(9-12-5-3-6-13-9)14-8-4-1-2-7-15(8)11(17)18/h3,5-6,8H,1-2,4,7H2,(H,14,16)(H,17,18). The molecule has 1 aliphatic heterocycles. The summed E-state index contributed by atoms with van der Waals surface area (Å²) >= 11 is 0. The quantitative estimate of drug-likeness (QED) is 0.805. The minimum absolute atomic E-state index is 0.0495. The second-order valence-electron chi connectivity index (χ2n) is 4.03. The van der Waals surface area contributed by atoms with Gasteiger partial charge < -0.3 is 10.4 Å². The number of nitrogens with zero attached hydrogens (tertiary/aromatic N) is 3. The van der Waals surface area contributed by atoms with Gasteiger partial charge in [0.25, 0.3) is 5.91 Å². The average Bonchev–Trinajstić information content (AvgIpc) is 2.40. The molecule has 1 aromatic heterocycles. The zero-order valence-corrected chi connectivity index (χ0v) is 9.74. The molecule has 2 rings (SSSR count). The number of aromatic nitrogens is 2. The van der Waals surface area contributed by atoms with Crippen molar-refractivity contribution in [3.8, 4) is 0 Å². The predicted molar refractivity (Wildman–Crippen MR) is 61.9 cm³/mol. The van der Waals surface area contributed by atoms with Gasteiger partial charge in [0, 0.05) is 18.9 Å². The number of piperidine rings is 1. The van der Waals surface area contributed by atoms with E-state index < -0.39 is 18.2 Å². The van der Waals surface area contributed by atoms with Crippen LogP contribution < -0.4 is 5.32 Å². The first-order valence-electron chi connectivity index (χ1n) is 5.76. The molecule has 18 heavy (non-hydrogen) atoms. The summed E-state index contributed by atoms with van der Waals surface area (Å²) in [5.41, 5.74) is 0. The summed E-state index contributed by atoms with van der Waals surface area (Å²) < 4.78 is 0. The van der Waals surface area contributed by atoms with Crippen LogP contribution in [0.15, 0.2) is 18.5 Å². The van der Waals surface area contributed by atoms with Gasteiger partial charge in [0.15, 0.2) is 0 Å². The SMILES string of the molecule is O=C(NC1CCCCN1C(=O)O)c1ncccn1. The first kappa shape index (κ1) is 12.3. The van der Waals surface area contributed by atoms with Crippen LogP contribution in [0.4, 0.5) is 4.79 Å². The van der Waals surface area contributed by atoms with Crippen molar-refractivity contribution in [2.24, 2.45) is 0 Å². The number of rotatable bonds is 2. The van der Waals surface area contributed by atoms with Crippen LogP contribution in [0.25, 0.3) is 0 Å². The van der Waals surface area contributed by atoms with E-state index in [-0.39, 0.29) is 5.82 Å². The van der Waals surface area contributed by atoms with Crippen LogP contribution in [0, 0.1) is 0 Å². The van der Waals surface area contributed by atoms with Crippen molar-refractivity contribution >= 4 is 12.0 Å². The molecule has 2 amide bonds. The molecule has 0 aliphatic carbocycles. The van der Waals surface area contributed by atoms with Gasteiger partial charge in [0.1, 0.15) is 6.17 Å². The van der Waals surface area contributed by atoms with Crippen LogP contribution in [0.2, 0.25) is 0 Å². The molecule has 1 unspecified atom stereocenters. The third-order valence-electron chi connectivity index (χ3n) is 2.82. The molecule has 7 heteroatoms. The zero-order chi connectivity index (χ0) is 13.0. The van der Waals surface area contributed by atoms with E-state index in [4.69, 9.17) is 5.11 Å². The molecule has 0 spiro atoms. The molecule has 1 aliphatic rings. The van der Waals surface area contributed by atoms with Gasteiger partial charge in [-0.25, -0.2) is 14.8 Å². The minimum Gasteiger partial charge on any atom is -0.465 e. The highest BCUT2D eigenvalue weighted by Gasteiger charge is 2.28. The number of amides is 2. The Morgan fingerprint density at radius 1 is 1.33 bits per heavy atom. The Morgan fingerprint density at radius 2 is 2.06 bits per heavy atom. The summed E-state index contributed by atoms with van der Waals surface area (Å²) in [5, 5.41) is 11.7. The van der Waals surface area contributed by atoms with Gasteiger partial charge in [0.05, 0.1) is 0 Å². The fourth-order valence-electron chi connectivity index (χ4n) is 1.94. The second kappa shape index (κ2) is 5.44. The smallest absolute Gasteiger partial charge is 0.408 e. The van der Waals surface area contributed by atoms with Crippen molar-refractivity contribution in [2.75, 3.05) is 6.54 Å². The van der Waals surface area contributed by atoms with E-state index in [1.807, 2.05) is 0 Å². The van der Waals surface area contributed by atoms with E-state index in [1.54, 1.807) is 6.07 Å². The molecule has 0 bridgehead atoms. The van der Waals surface area contributed by atoms with Gasteiger partial charge in [-0.1, -0.05) is 0 Å². The lowest BCUT2D eigenvalue weighted by Gasteiger charge is -2.33. The first-order valence-corrected chi connectivity index (χ1v) is 5.76. The largest absolute Gasteiger partial charge is 0.465 e.